The lowest BCUT2D eigenvalue weighted by Gasteiger charge is -2.03. The van der Waals surface area contributed by atoms with E-state index in [0.717, 1.165) is 6.08 Å². The smallest absolute Gasteiger partial charge is 0.328 e. The maximum absolute atomic E-state index is 10.3. The molecule has 0 spiro atoms. The summed E-state index contributed by atoms with van der Waals surface area (Å²) in [6.07, 6.45) is 1.93. The van der Waals surface area contributed by atoms with Gasteiger partial charge >= 0.3 is 5.97 Å². The molecule has 0 atom stereocenters. The van der Waals surface area contributed by atoms with Crippen LogP contribution in [0, 0.1) is 0 Å². The van der Waals surface area contributed by atoms with Crippen molar-refractivity contribution < 1.29 is 23.8 Å². The third-order valence-corrected chi connectivity index (χ3v) is 1.89. The minimum absolute atomic E-state index is 0.461. The molecule has 1 aromatic heterocycles. The quantitative estimate of drug-likeness (QED) is 0.764. The first-order valence-electron chi connectivity index (χ1n) is 4.49. The van der Waals surface area contributed by atoms with Crippen molar-refractivity contribution in [2.75, 3.05) is 13.2 Å². The second-order valence-electron chi connectivity index (χ2n) is 2.99. The third kappa shape index (κ3) is 2.45. The van der Waals surface area contributed by atoms with Gasteiger partial charge in [0.15, 0.2) is 5.76 Å². The Bertz CT molecular complexity index is 373. The average molecular weight is 210 g/mol. The van der Waals surface area contributed by atoms with Crippen molar-refractivity contribution in [3.63, 3.8) is 0 Å². The van der Waals surface area contributed by atoms with E-state index < -0.39 is 12.3 Å². The highest BCUT2D eigenvalue weighted by Crippen LogP contribution is 2.25. The molecule has 1 fully saturated rings. The molecule has 0 unspecified atom stereocenters. The number of hydrogen-bond acceptors (Lipinski definition) is 4. The number of hydrogen-bond donors (Lipinski definition) is 1. The van der Waals surface area contributed by atoms with Crippen LogP contribution in [0.25, 0.3) is 6.08 Å². The fourth-order valence-electron chi connectivity index (χ4n) is 1.26. The Kier molecular flexibility index (Phi) is 2.84. The molecule has 1 aliphatic rings. The van der Waals surface area contributed by atoms with Crippen LogP contribution in [0.5, 0.6) is 0 Å². The van der Waals surface area contributed by atoms with Gasteiger partial charge in [-0.05, 0) is 18.2 Å². The SMILES string of the molecule is O=C(O)/C=C\c1ccc(C2OCCO2)o1. The van der Waals surface area contributed by atoms with E-state index in [0.29, 0.717) is 24.7 Å². The number of carbonyl (C=O) groups is 1. The van der Waals surface area contributed by atoms with E-state index in [9.17, 15) is 4.79 Å². The number of carboxylic acids is 1. The highest BCUT2D eigenvalue weighted by molar-refractivity contribution is 5.84. The Labute approximate surface area is 85.9 Å². The minimum Gasteiger partial charge on any atom is -0.478 e. The highest BCUT2D eigenvalue weighted by atomic mass is 16.7. The van der Waals surface area contributed by atoms with Crippen LogP contribution >= 0.6 is 0 Å². The maximum Gasteiger partial charge on any atom is 0.328 e. The van der Waals surface area contributed by atoms with E-state index in [4.69, 9.17) is 19.0 Å². The maximum atomic E-state index is 10.3. The van der Waals surface area contributed by atoms with Crippen LogP contribution in [0.1, 0.15) is 17.8 Å². The van der Waals surface area contributed by atoms with E-state index in [-0.39, 0.29) is 0 Å². The molecular formula is C10H10O5. The summed E-state index contributed by atoms with van der Waals surface area (Å²) in [5, 5.41) is 8.42. The lowest BCUT2D eigenvalue weighted by Crippen LogP contribution is -1.94. The van der Waals surface area contributed by atoms with Crippen LogP contribution in [-0.4, -0.2) is 24.3 Å². The van der Waals surface area contributed by atoms with E-state index in [1.54, 1.807) is 12.1 Å². The number of ether oxygens (including phenoxy) is 2. The summed E-state index contributed by atoms with van der Waals surface area (Å²) in [6, 6.07) is 3.37. The average Bonchev–Trinajstić information content (AvgIpc) is 2.85. The lowest BCUT2D eigenvalue weighted by atomic mass is 10.4. The Morgan fingerprint density at radius 2 is 2.13 bits per heavy atom. The van der Waals surface area contributed by atoms with Crippen molar-refractivity contribution in [1.29, 1.82) is 0 Å². The van der Waals surface area contributed by atoms with Crippen LogP contribution in [0.2, 0.25) is 0 Å². The van der Waals surface area contributed by atoms with Gasteiger partial charge in [0.25, 0.3) is 0 Å². The van der Waals surface area contributed by atoms with Crippen molar-refractivity contribution >= 4 is 12.0 Å². The van der Waals surface area contributed by atoms with E-state index >= 15 is 0 Å². The molecule has 2 heterocycles. The zero-order valence-electron chi connectivity index (χ0n) is 7.88. The van der Waals surface area contributed by atoms with E-state index in [2.05, 4.69) is 0 Å². The van der Waals surface area contributed by atoms with Gasteiger partial charge in [-0.25, -0.2) is 4.79 Å². The van der Waals surface area contributed by atoms with Crippen LogP contribution in [0.3, 0.4) is 0 Å². The summed E-state index contributed by atoms with van der Waals surface area (Å²) in [5.41, 5.74) is 0. The van der Waals surface area contributed by atoms with Gasteiger partial charge in [-0.1, -0.05) is 0 Å². The fraction of sp³-hybridized carbons (Fsp3) is 0.300. The van der Waals surface area contributed by atoms with Gasteiger partial charge < -0.3 is 19.0 Å². The normalized spacial score (nSPS) is 17.6. The summed E-state index contributed by atoms with van der Waals surface area (Å²) in [5.74, 6) is 0.00496. The molecule has 0 amide bonds. The molecule has 0 aliphatic carbocycles. The van der Waals surface area contributed by atoms with Crippen molar-refractivity contribution in [3.8, 4) is 0 Å². The molecule has 0 bridgehead atoms. The Hall–Kier alpha value is -1.59. The molecule has 15 heavy (non-hydrogen) atoms. The van der Waals surface area contributed by atoms with E-state index in [1.807, 2.05) is 0 Å². The van der Waals surface area contributed by atoms with E-state index in [1.165, 1.54) is 6.08 Å². The number of aliphatic carboxylic acids is 1. The largest absolute Gasteiger partial charge is 0.478 e. The second kappa shape index (κ2) is 4.29. The van der Waals surface area contributed by atoms with Gasteiger partial charge in [0.2, 0.25) is 6.29 Å². The first-order valence-corrected chi connectivity index (χ1v) is 4.49. The summed E-state index contributed by atoms with van der Waals surface area (Å²) >= 11 is 0. The van der Waals surface area contributed by atoms with Crippen molar-refractivity contribution in [2.24, 2.45) is 0 Å². The Morgan fingerprint density at radius 3 is 2.80 bits per heavy atom. The van der Waals surface area contributed by atoms with Crippen LogP contribution in [-0.2, 0) is 14.3 Å². The van der Waals surface area contributed by atoms with Crippen molar-refractivity contribution in [2.45, 2.75) is 6.29 Å². The third-order valence-electron chi connectivity index (χ3n) is 1.89. The lowest BCUT2D eigenvalue weighted by molar-refractivity contribution is -0.131. The molecule has 1 N–H and O–H groups in total. The summed E-state index contributed by atoms with van der Waals surface area (Å²) in [4.78, 5) is 10.3. The Balaban J connectivity index is 2.06. The molecule has 1 saturated heterocycles. The number of carboxylic acid groups (broad SMARTS) is 1. The molecule has 0 aromatic carbocycles. The first kappa shape index (κ1) is 9.95. The molecule has 0 radical (unpaired) electrons. The molecular weight excluding hydrogens is 200 g/mol. The molecule has 1 aliphatic heterocycles. The zero-order valence-corrected chi connectivity index (χ0v) is 7.88. The standard InChI is InChI=1S/C10H10O5/c11-9(12)4-2-7-1-3-8(15-7)10-13-5-6-14-10/h1-4,10H,5-6H2,(H,11,12)/b4-2-. The summed E-state index contributed by atoms with van der Waals surface area (Å²) in [6.45, 7) is 1.09. The van der Waals surface area contributed by atoms with Gasteiger partial charge in [-0.3, -0.25) is 0 Å². The van der Waals surface area contributed by atoms with Crippen molar-refractivity contribution in [1.82, 2.24) is 0 Å². The fourth-order valence-corrected chi connectivity index (χ4v) is 1.26. The monoisotopic (exact) mass is 210 g/mol. The molecule has 5 heteroatoms. The summed E-state index contributed by atoms with van der Waals surface area (Å²) in [7, 11) is 0. The second-order valence-corrected chi connectivity index (χ2v) is 2.99. The molecule has 5 nitrogen and oxygen atoms in total. The number of furan rings is 1. The van der Waals surface area contributed by atoms with Gasteiger partial charge in [-0.2, -0.15) is 0 Å². The zero-order chi connectivity index (χ0) is 10.7. The summed E-state index contributed by atoms with van der Waals surface area (Å²) < 4.78 is 15.8. The van der Waals surface area contributed by atoms with Crippen LogP contribution < -0.4 is 0 Å². The van der Waals surface area contributed by atoms with Crippen LogP contribution in [0.4, 0.5) is 0 Å². The van der Waals surface area contributed by atoms with Gasteiger partial charge in [0.05, 0.1) is 13.2 Å². The van der Waals surface area contributed by atoms with Crippen LogP contribution in [0.15, 0.2) is 22.6 Å². The van der Waals surface area contributed by atoms with Gasteiger partial charge in [-0.15, -0.1) is 0 Å². The Morgan fingerprint density at radius 1 is 1.40 bits per heavy atom. The predicted octanol–water partition coefficient (Wildman–Crippen LogP) is 1.42. The molecule has 1 aromatic rings. The number of rotatable bonds is 3. The predicted molar refractivity (Wildman–Crippen MR) is 50.0 cm³/mol. The van der Waals surface area contributed by atoms with Gasteiger partial charge in [0.1, 0.15) is 5.76 Å². The minimum atomic E-state index is -1.01. The topological polar surface area (TPSA) is 68.9 Å². The first-order chi connectivity index (χ1) is 7.25. The molecule has 80 valence electrons. The molecule has 2 rings (SSSR count). The molecule has 0 saturated carbocycles. The highest BCUT2D eigenvalue weighted by Gasteiger charge is 2.21. The van der Waals surface area contributed by atoms with Gasteiger partial charge in [0, 0.05) is 6.08 Å². The van der Waals surface area contributed by atoms with Crippen molar-refractivity contribution in [3.05, 3.63) is 29.7 Å².